The smallest absolute Gasteiger partial charge is 0.255 e. The lowest BCUT2D eigenvalue weighted by molar-refractivity contribution is -0.114. The molecule has 0 unspecified atom stereocenters. The molecule has 0 aliphatic rings. The van der Waals surface area contributed by atoms with Crippen molar-refractivity contribution < 1.29 is 14.3 Å². The molecule has 0 aliphatic carbocycles. The number of rotatable bonds is 6. The highest BCUT2D eigenvalue weighted by Crippen LogP contribution is 2.29. The Balaban J connectivity index is 1.79. The van der Waals surface area contributed by atoms with Crippen molar-refractivity contribution in [1.82, 2.24) is 4.98 Å². The van der Waals surface area contributed by atoms with E-state index in [0.717, 1.165) is 22.4 Å². The monoisotopic (exact) mass is 423 g/mol. The highest BCUT2D eigenvalue weighted by atomic mass is 35.5. The van der Waals surface area contributed by atoms with E-state index >= 15 is 0 Å². The number of hydrogen-bond donors (Lipinski definition) is 2. The molecule has 3 aromatic rings. The lowest BCUT2D eigenvalue weighted by Crippen LogP contribution is -2.15. The van der Waals surface area contributed by atoms with Crippen LogP contribution in [0.3, 0.4) is 0 Å². The molecule has 0 radical (unpaired) electrons. The second kappa shape index (κ2) is 9.41. The van der Waals surface area contributed by atoms with E-state index in [4.69, 9.17) is 16.3 Å². The number of halogens is 1. The molecule has 30 heavy (non-hydrogen) atoms. The van der Waals surface area contributed by atoms with Crippen molar-refractivity contribution in [3.63, 3.8) is 0 Å². The molecule has 2 aromatic carbocycles. The summed E-state index contributed by atoms with van der Waals surface area (Å²) in [7, 11) is 0. The van der Waals surface area contributed by atoms with Gasteiger partial charge in [0.15, 0.2) is 0 Å². The van der Waals surface area contributed by atoms with Crippen LogP contribution in [-0.2, 0) is 11.4 Å². The average molecular weight is 424 g/mol. The summed E-state index contributed by atoms with van der Waals surface area (Å²) in [6, 6.07) is 12.2. The van der Waals surface area contributed by atoms with Crippen LogP contribution in [0.1, 0.15) is 34.0 Å². The maximum Gasteiger partial charge on any atom is 0.255 e. The number of benzene rings is 2. The number of hydrogen-bond acceptors (Lipinski definition) is 4. The zero-order valence-corrected chi connectivity index (χ0v) is 17.7. The van der Waals surface area contributed by atoms with Gasteiger partial charge >= 0.3 is 0 Å². The Morgan fingerprint density at radius 1 is 1.03 bits per heavy atom. The van der Waals surface area contributed by atoms with Crippen LogP contribution in [0.5, 0.6) is 5.75 Å². The molecule has 1 aromatic heterocycles. The van der Waals surface area contributed by atoms with Crippen LogP contribution in [-0.4, -0.2) is 16.8 Å². The quantitative estimate of drug-likeness (QED) is 0.575. The van der Waals surface area contributed by atoms with Crippen LogP contribution in [0.2, 0.25) is 5.02 Å². The van der Waals surface area contributed by atoms with Crippen LogP contribution >= 0.6 is 11.6 Å². The van der Waals surface area contributed by atoms with E-state index in [0.29, 0.717) is 28.6 Å². The third-order valence-corrected chi connectivity index (χ3v) is 4.60. The highest BCUT2D eigenvalue weighted by Gasteiger charge is 2.14. The van der Waals surface area contributed by atoms with Crippen molar-refractivity contribution in [3.8, 4) is 5.75 Å². The van der Waals surface area contributed by atoms with Crippen molar-refractivity contribution in [2.75, 3.05) is 10.6 Å². The van der Waals surface area contributed by atoms with E-state index < -0.39 is 0 Å². The summed E-state index contributed by atoms with van der Waals surface area (Å²) in [6.07, 6.45) is 3.47. The predicted molar refractivity (Wildman–Crippen MR) is 118 cm³/mol. The van der Waals surface area contributed by atoms with Gasteiger partial charge < -0.3 is 15.4 Å². The summed E-state index contributed by atoms with van der Waals surface area (Å²) >= 11 is 6.05. The van der Waals surface area contributed by atoms with Crippen LogP contribution < -0.4 is 15.4 Å². The minimum Gasteiger partial charge on any atom is -0.488 e. The molecule has 6 nitrogen and oxygen atoms in total. The zero-order chi connectivity index (χ0) is 21.7. The van der Waals surface area contributed by atoms with Gasteiger partial charge in [-0.1, -0.05) is 17.7 Å². The minimum atomic E-state index is -0.311. The minimum absolute atomic E-state index is 0.241. The Morgan fingerprint density at radius 2 is 1.77 bits per heavy atom. The molecule has 154 valence electrons. The standard InChI is InChI=1S/C23H22ClN3O3/c1-14-9-18(10-15(2)22(14)30-13-17-5-4-8-25-12-17)23(29)27-21-11-19(24)6-7-20(21)26-16(3)28/h4-12H,13H2,1-3H3,(H,26,28)(H,27,29). The largest absolute Gasteiger partial charge is 0.488 e. The zero-order valence-electron chi connectivity index (χ0n) is 17.0. The van der Waals surface area contributed by atoms with E-state index in [1.54, 1.807) is 42.7 Å². The molecule has 7 heteroatoms. The van der Waals surface area contributed by atoms with Crippen molar-refractivity contribution in [2.45, 2.75) is 27.4 Å². The molecule has 0 saturated carbocycles. The van der Waals surface area contributed by atoms with Gasteiger partial charge in [-0.2, -0.15) is 0 Å². The molecular weight excluding hydrogens is 402 g/mol. The molecule has 0 atom stereocenters. The summed E-state index contributed by atoms with van der Waals surface area (Å²) < 4.78 is 5.95. The van der Waals surface area contributed by atoms with Gasteiger partial charge in [0.05, 0.1) is 11.4 Å². The number of anilines is 2. The summed E-state index contributed by atoms with van der Waals surface area (Å²) in [6.45, 7) is 5.58. The molecule has 0 spiro atoms. The van der Waals surface area contributed by atoms with E-state index in [9.17, 15) is 9.59 Å². The number of carbonyl (C=O) groups excluding carboxylic acids is 2. The Morgan fingerprint density at radius 3 is 2.40 bits per heavy atom. The predicted octanol–water partition coefficient (Wildman–Crippen LogP) is 5.14. The fourth-order valence-electron chi connectivity index (χ4n) is 3.06. The van der Waals surface area contributed by atoms with Gasteiger partial charge in [0, 0.05) is 35.5 Å². The molecular formula is C23H22ClN3O3. The van der Waals surface area contributed by atoms with Crippen LogP contribution in [0.25, 0.3) is 0 Å². The molecule has 1 heterocycles. The lowest BCUT2D eigenvalue weighted by Gasteiger charge is -2.15. The first-order chi connectivity index (χ1) is 14.3. The lowest BCUT2D eigenvalue weighted by atomic mass is 10.0. The molecule has 2 N–H and O–H groups in total. The van der Waals surface area contributed by atoms with Gasteiger partial charge in [0.1, 0.15) is 12.4 Å². The van der Waals surface area contributed by atoms with Crippen LogP contribution in [0.4, 0.5) is 11.4 Å². The van der Waals surface area contributed by atoms with Gasteiger partial charge in [-0.05, 0) is 61.4 Å². The van der Waals surface area contributed by atoms with Crippen molar-refractivity contribution in [3.05, 3.63) is 82.1 Å². The summed E-state index contributed by atoms with van der Waals surface area (Å²) in [5.41, 5.74) is 4.03. The average Bonchev–Trinajstić information content (AvgIpc) is 2.69. The Labute approximate surface area is 180 Å². The number of amides is 2. The van der Waals surface area contributed by atoms with E-state index in [1.807, 2.05) is 26.0 Å². The Kier molecular flexibility index (Phi) is 6.69. The first-order valence-corrected chi connectivity index (χ1v) is 9.72. The molecule has 2 amide bonds. The molecule has 3 rings (SSSR count). The second-order valence-electron chi connectivity index (χ2n) is 6.91. The van der Waals surface area contributed by atoms with E-state index in [2.05, 4.69) is 15.6 Å². The van der Waals surface area contributed by atoms with Crippen molar-refractivity contribution >= 4 is 34.8 Å². The van der Waals surface area contributed by atoms with Gasteiger partial charge in [-0.25, -0.2) is 0 Å². The fourth-order valence-corrected chi connectivity index (χ4v) is 3.23. The van der Waals surface area contributed by atoms with E-state index in [1.165, 1.54) is 6.92 Å². The topological polar surface area (TPSA) is 80.3 Å². The van der Waals surface area contributed by atoms with Gasteiger partial charge in [0.2, 0.25) is 5.91 Å². The second-order valence-corrected chi connectivity index (χ2v) is 7.35. The first kappa shape index (κ1) is 21.3. The van der Waals surface area contributed by atoms with Gasteiger partial charge in [0.25, 0.3) is 5.91 Å². The SMILES string of the molecule is CC(=O)Nc1ccc(Cl)cc1NC(=O)c1cc(C)c(OCc2cccnc2)c(C)c1. The maximum atomic E-state index is 12.8. The number of aryl methyl sites for hydroxylation is 2. The number of nitrogens with one attached hydrogen (secondary N) is 2. The van der Waals surface area contributed by atoms with Gasteiger partial charge in [-0.15, -0.1) is 0 Å². The number of ether oxygens (including phenoxy) is 1. The van der Waals surface area contributed by atoms with Crippen LogP contribution in [0.15, 0.2) is 54.9 Å². The third kappa shape index (κ3) is 5.36. The Hall–Kier alpha value is -3.38. The van der Waals surface area contributed by atoms with Gasteiger partial charge in [-0.3, -0.25) is 14.6 Å². The number of carbonyl (C=O) groups is 2. The highest BCUT2D eigenvalue weighted by molar-refractivity contribution is 6.31. The normalized spacial score (nSPS) is 10.4. The van der Waals surface area contributed by atoms with Crippen molar-refractivity contribution in [2.24, 2.45) is 0 Å². The Bertz CT molecular complexity index is 1060. The molecule has 0 fully saturated rings. The molecule has 0 bridgehead atoms. The van der Waals surface area contributed by atoms with Crippen LogP contribution in [0, 0.1) is 13.8 Å². The molecule has 0 aliphatic heterocycles. The molecule has 0 saturated heterocycles. The van der Waals surface area contributed by atoms with Crippen molar-refractivity contribution in [1.29, 1.82) is 0 Å². The fraction of sp³-hybridized carbons (Fsp3) is 0.174. The summed E-state index contributed by atoms with van der Waals surface area (Å²) in [5, 5.41) is 5.95. The maximum absolute atomic E-state index is 12.8. The number of aromatic nitrogens is 1. The van der Waals surface area contributed by atoms with E-state index in [-0.39, 0.29) is 11.8 Å². The number of pyridine rings is 1. The summed E-state index contributed by atoms with van der Waals surface area (Å²) in [4.78, 5) is 28.3. The number of nitrogens with zero attached hydrogens (tertiary/aromatic N) is 1. The third-order valence-electron chi connectivity index (χ3n) is 4.37. The summed E-state index contributed by atoms with van der Waals surface area (Å²) in [5.74, 6) is 0.181. The first-order valence-electron chi connectivity index (χ1n) is 9.35.